The Morgan fingerprint density at radius 3 is 2.43 bits per heavy atom. The lowest BCUT2D eigenvalue weighted by molar-refractivity contribution is -0.143. The van der Waals surface area contributed by atoms with E-state index in [0.717, 1.165) is 0 Å². The van der Waals surface area contributed by atoms with E-state index in [-0.39, 0.29) is 0 Å². The first kappa shape index (κ1) is 15.4. The molecule has 0 N–H and O–H groups in total. The molecule has 0 bridgehead atoms. The molecule has 6 nitrogen and oxygen atoms in total. The van der Waals surface area contributed by atoms with Crippen molar-refractivity contribution in [2.24, 2.45) is 4.99 Å². The average Bonchev–Trinajstić information content (AvgIpc) is 2.87. The Kier molecular flexibility index (Phi) is 4.57. The van der Waals surface area contributed by atoms with E-state index in [2.05, 4.69) is 4.99 Å². The highest BCUT2D eigenvalue weighted by molar-refractivity contribution is 6.31. The van der Waals surface area contributed by atoms with Crippen molar-refractivity contribution in [3.63, 3.8) is 0 Å². The second-order valence-electron chi connectivity index (χ2n) is 4.38. The summed E-state index contributed by atoms with van der Waals surface area (Å²) < 4.78 is 20.8. The number of hydrogen-bond acceptors (Lipinski definition) is 6. The fourth-order valence-electron chi connectivity index (χ4n) is 2.16. The predicted octanol–water partition coefficient (Wildman–Crippen LogP) is 2.39. The van der Waals surface area contributed by atoms with Crippen LogP contribution in [0.2, 0.25) is 5.02 Å². The van der Waals surface area contributed by atoms with Gasteiger partial charge in [-0.05, 0) is 6.07 Å². The number of carbonyl (C=O) groups excluding carboxylic acids is 1. The molecule has 0 radical (unpaired) electrons. The largest absolute Gasteiger partial charge is 0.493 e. The van der Waals surface area contributed by atoms with Gasteiger partial charge in [0, 0.05) is 18.6 Å². The Labute approximate surface area is 127 Å². The zero-order valence-corrected chi connectivity index (χ0v) is 12.9. The van der Waals surface area contributed by atoms with Gasteiger partial charge in [0.25, 0.3) is 0 Å². The van der Waals surface area contributed by atoms with Gasteiger partial charge in [0.2, 0.25) is 0 Å². The van der Waals surface area contributed by atoms with Crippen LogP contribution in [0.5, 0.6) is 11.5 Å². The average molecular weight is 314 g/mol. The molecule has 1 aromatic carbocycles. The molecule has 1 aromatic rings. The third kappa shape index (κ3) is 2.90. The summed E-state index contributed by atoms with van der Waals surface area (Å²) in [6.07, 6.45) is -0.648. The van der Waals surface area contributed by atoms with Gasteiger partial charge < -0.3 is 18.9 Å². The molecule has 0 spiro atoms. The van der Waals surface area contributed by atoms with Crippen LogP contribution in [0.25, 0.3) is 0 Å². The van der Waals surface area contributed by atoms with Gasteiger partial charge in [0.05, 0.1) is 26.4 Å². The van der Waals surface area contributed by atoms with Gasteiger partial charge in [0.1, 0.15) is 0 Å². The molecule has 0 aromatic heterocycles. The van der Waals surface area contributed by atoms with E-state index in [0.29, 0.717) is 28.0 Å². The van der Waals surface area contributed by atoms with Crippen LogP contribution in [-0.4, -0.2) is 39.2 Å². The molecule has 0 aliphatic carbocycles. The Balaban J connectivity index is 2.43. The van der Waals surface area contributed by atoms with Crippen LogP contribution >= 0.6 is 11.6 Å². The van der Waals surface area contributed by atoms with Gasteiger partial charge in [-0.3, -0.25) is 0 Å². The van der Waals surface area contributed by atoms with E-state index in [9.17, 15) is 4.79 Å². The molecule has 1 aliphatic heterocycles. The molecular weight excluding hydrogens is 298 g/mol. The Bertz CT molecular complexity index is 587. The zero-order valence-electron chi connectivity index (χ0n) is 12.2. The van der Waals surface area contributed by atoms with Crippen molar-refractivity contribution in [3.05, 3.63) is 22.7 Å². The third-order valence-corrected chi connectivity index (χ3v) is 3.48. The molecule has 1 aliphatic rings. The maximum atomic E-state index is 11.8. The molecule has 0 amide bonds. The van der Waals surface area contributed by atoms with Crippen molar-refractivity contribution < 1.29 is 23.7 Å². The summed E-state index contributed by atoms with van der Waals surface area (Å²) >= 11 is 6.26. The van der Waals surface area contributed by atoms with Gasteiger partial charge in [0.15, 0.2) is 29.5 Å². The lowest BCUT2D eigenvalue weighted by Crippen LogP contribution is -2.25. The topological polar surface area (TPSA) is 66.4 Å². The van der Waals surface area contributed by atoms with E-state index in [1.54, 1.807) is 19.1 Å². The standard InChI is InChI=1S/C14H16ClNO5/c1-7-16-12(14(17)20-4)13(21-7)8-5-10(18-2)11(19-3)6-9(8)15/h5-6,12-13H,1-4H3. The third-order valence-electron chi connectivity index (χ3n) is 3.16. The molecule has 1 heterocycles. The molecule has 0 saturated carbocycles. The summed E-state index contributed by atoms with van der Waals surface area (Å²) in [5.74, 6) is 0.911. The van der Waals surface area contributed by atoms with Crippen LogP contribution in [0.4, 0.5) is 0 Å². The molecule has 0 fully saturated rings. The highest BCUT2D eigenvalue weighted by Crippen LogP contribution is 2.40. The Morgan fingerprint density at radius 1 is 1.24 bits per heavy atom. The van der Waals surface area contributed by atoms with Crippen molar-refractivity contribution in [1.82, 2.24) is 0 Å². The van der Waals surface area contributed by atoms with Gasteiger partial charge in [-0.2, -0.15) is 0 Å². The van der Waals surface area contributed by atoms with E-state index in [1.807, 2.05) is 0 Å². The maximum absolute atomic E-state index is 11.8. The quantitative estimate of drug-likeness (QED) is 0.798. The van der Waals surface area contributed by atoms with Crippen LogP contribution in [0.1, 0.15) is 18.6 Å². The summed E-state index contributed by atoms with van der Waals surface area (Å²) in [7, 11) is 4.34. The summed E-state index contributed by atoms with van der Waals surface area (Å²) in [6.45, 7) is 1.67. The minimum absolute atomic E-state index is 0.399. The number of aliphatic imine (C=N–C) groups is 1. The summed E-state index contributed by atoms with van der Waals surface area (Å²) in [6, 6.07) is 2.50. The van der Waals surface area contributed by atoms with E-state index in [1.165, 1.54) is 21.3 Å². The number of benzene rings is 1. The summed E-state index contributed by atoms with van der Waals surface area (Å²) in [5, 5.41) is 0.399. The first-order valence-electron chi connectivity index (χ1n) is 6.22. The van der Waals surface area contributed by atoms with Gasteiger partial charge in [-0.25, -0.2) is 9.79 Å². The highest BCUT2D eigenvalue weighted by Gasteiger charge is 2.38. The van der Waals surface area contributed by atoms with E-state index < -0.39 is 18.1 Å². The van der Waals surface area contributed by atoms with Crippen LogP contribution in [0, 0.1) is 0 Å². The monoisotopic (exact) mass is 313 g/mol. The number of methoxy groups -OCH3 is 3. The van der Waals surface area contributed by atoms with Crippen LogP contribution in [-0.2, 0) is 14.3 Å². The van der Waals surface area contributed by atoms with Gasteiger partial charge in [-0.1, -0.05) is 11.6 Å². The molecule has 0 saturated heterocycles. The van der Waals surface area contributed by atoms with E-state index in [4.69, 9.17) is 30.5 Å². The number of halogens is 1. The number of ether oxygens (including phenoxy) is 4. The minimum Gasteiger partial charge on any atom is -0.493 e. The number of carbonyl (C=O) groups is 1. The summed E-state index contributed by atoms with van der Waals surface area (Å²) in [4.78, 5) is 16.0. The fourth-order valence-corrected chi connectivity index (χ4v) is 2.42. The van der Waals surface area contributed by atoms with Crippen molar-refractivity contribution in [1.29, 1.82) is 0 Å². The first-order chi connectivity index (χ1) is 10.0. The van der Waals surface area contributed by atoms with Crippen LogP contribution < -0.4 is 9.47 Å². The van der Waals surface area contributed by atoms with Crippen molar-refractivity contribution in [3.8, 4) is 11.5 Å². The Morgan fingerprint density at radius 2 is 1.86 bits per heavy atom. The van der Waals surface area contributed by atoms with Crippen LogP contribution in [0.15, 0.2) is 17.1 Å². The number of hydrogen-bond donors (Lipinski definition) is 0. The van der Waals surface area contributed by atoms with Crippen molar-refractivity contribution in [2.45, 2.75) is 19.1 Å². The molecule has 21 heavy (non-hydrogen) atoms. The smallest absolute Gasteiger partial charge is 0.335 e. The molecule has 2 rings (SSSR count). The second kappa shape index (κ2) is 6.22. The van der Waals surface area contributed by atoms with Crippen molar-refractivity contribution in [2.75, 3.05) is 21.3 Å². The number of esters is 1. The molecule has 114 valence electrons. The van der Waals surface area contributed by atoms with E-state index >= 15 is 0 Å². The van der Waals surface area contributed by atoms with Gasteiger partial charge >= 0.3 is 5.97 Å². The predicted molar refractivity (Wildman–Crippen MR) is 77.3 cm³/mol. The SMILES string of the molecule is COC(=O)C1N=C(C)OC1c1cc(OC)c(OC)cc1Cl. The lowest BCUT2D eigenvalue weighted by Gasteiger charge is -2.19. The van der Waals surface area contributed by atoms with Crippen molar-refractivity contribution >= 4 is 23.5 Å². The highest BCUT2D eigenvalue weighted by atomic mass is 35.5. The lowest BCUT2D eigenvalue weighted by atomic mass is 10.0. The number of nitrogens with zero attached hydrogens (tertiary/aromatic N) is 1. The zero-order chi connectivity index (χ0) is 15.6. The second-order valence-corrected chi connectivity index (χ2v) is 4.79. The number of rotatable bonds is 4. The minimum atomic E-state index is -0.786. The molecular formula is C14H16ClNO5. The Hall–Kier alpha value is -1.95. The normalized spacial score (nSPS) is 20.5. The molecule has 7 heteroatoms. The van der Waals surface area contributed by atoms with Gasteiger partial charge in [-0.15, -0.1) is 0 Å². The summed E-state index contributed by atoms with van der Waals surface area (Å²) in [5.41, 5.74) is 0.588. The van der Waals surface area contributed by atoms with Crippen LogP contribution in [0.3, 0.4) is 0 Å². The first-order valence-corrected chi connectivity index (χ1v) is 6.60. The fraction of sp³-hybridized carbons (Fsp3) is 0.429. The molecule has 2 unspecified atom stereocenters. The maximum Gasteiger partial charge on any atom is 0.335 e. The molecule has 2 atom stereocenters.